The molecule has 2 N–H and O–H groups in total. The van der Waals surface area contributed by atoms with Gasteiger partial charge in [-0.1, -0.05) is 19.4 Å². The molecule has 4 nitrogen and oxygen atoms in total. The minimum Gasteiger partial charge on any atom is -0.494 e. The summed E-state index contributed by atoms with van der Waals surface area (Å²) in [5.41, 5.74) is 6.57. The molecule has 1 aliphatic rings. The van der Waals surface area contributed by atoms with Crippen LogP contribution in [0.4, 0.5) is 0 Å². The van der Waals surface area contributed by atoms with Crippen molar-refractivity contribution in [2.24, 2.45) is 5.73 Å². The van der Waals surface area contributed by atoms with Gasteiger partial charge in [0.2, 0.25) is 0 Å². The molecule has 0 aromatic heterocycles. The van der Waals surface area contributed by atoms with Crippen molar-refractivity contribution in [1.29, 1.82) is 0 Å². The summed E-state index contributed by atoms with van der Waals surface area (Å²) in [4.78, 5) is 14.3. The molecular weight excluding hydrogens is 252 g/mol. The molecule has 1 aromatic rings. The van der Waals surface area contributed by atoms with E-state index >= 15 is 0 Å². The minimum atomic E-state index is 0.0813. The van der Waals surface area contributed by atoms with E-state index in [-0.39, 0.29) is 11.9 Å². The number of hydrogen-bond acceptors (Lipinski definition) is 3. The van der Waals surface area contributed by atoms with Gasteiger partial charge in [-0.25, -0.2) is 0 Å². The molecule has 1 saturated heterocycles. The molecule has 110 valence electrons. The Balaban J connectivity index is 1.97. The van der Waals surface area contributed by atoms with Crippen molar-refractivity contribution < 1.29 is 9.53 Å². The van der Waals surface area contributed by atoms with Crippen LogP contribution in [-0.4, -0.2) is 36.5 Å². The Hall–Kier alpha value is -1.55. The molecule has 0 atom stereocenters. The van der Waals surface area contributed by atoms with E-state index in [1.54, 1.807) is 0 Å². The van der Waals surface area contributed by atoms with Crippen LogP contribution in [0.15, 0.2) is 24.3 Å². The van der Waals surface area contributed by atoms with Crippen molar-refractivity contribution >= 4 is 5.91 Å². The summed E-state index contributed by atoms with van der Waals surface area (Å²) in [7, 11) is 0. The second-order valence-electron chi connectivity index (χ2n) is 5.36. The van der Waals surface area contributed by atoms with Gasteiger partial charge < -0.3 is 15.4 Å². The number of ether oxygens (including phenoxy) is 1. The highest BCUT2D eigenvalue weighted by molar-refractivity contribution is 5.94. The summed E-state index contributed by atoms with van der Waals surface area (Å²) < 4.78 is 5.65. The molecule has 0 spiro atoms. The third-order valence-corrected chi connectivity index (χ3v) is 3.67. The Morgan fingerprint density at radius 3 is 2.85 bits per heavy atom. The molecule has 1 heterocycles. The van der Waals surface area contributed by atoms with E-state index < -0.39 is 0 Å². The average molecular weight is 276 g/mol. The van der Waals surface area contributed by atoms with Crippen LogP contribution in [0.25, 0.3) is 0 Å². The van der Waals surface area contributed by atoms with E-state index in [2.05, 4.69) is 6.92 Å². The number of rotatable bonds is 5. The van der Waals surface area contributed by atoms with Gasteiger partial charge in [0.15, 0.2) is 0 Å². The number of unbranched alkanes of at least 4 members (excludes halogenated alkanes) is 1. The number of nitrogens with zero attached hydrogens (tertiary/aromatic N) is 1. The molecule has 20 heavy (non-hydrogen) atoms. The van der Waals surface area contributed by atoms with Crippen molar-refractivity contribution in [3.63, 3.8) is 0 Å². The number of piperidine rings is 1. The van der Waals surface area contributed by atoms with Crippen LogP contribution in [0, 0.1) is 0 Å². The van der Waals surface area contributed by atoms with E-state index in [1.165, 1.54) is 0 Å². The van der Waals surface area contributed by atoms with Gasteiger partial charge in [-0.05, 0) is 37.5 Å². The number of carbonyl (C=O) groups is 1. The summed E-state index contributed by atoms with van der Waals surface area (Å²) in [5, 5.41) is 0. The Morgan fingerprint density at radius 2 is 2.15 bits per heavy atom. The fraction of sp³-hybridized carbons (Fsp3) is 0.562. The van der Waals surface area contributed by atoms with Gasteiger partial charge >= 0.3 is 0 Å². The molecule has 1 aromatic carbocycles. The van der Waals surface area contributed by atoms with Crippen molar-refractivity contribution in [2.45, 2.75) is 38.6 Å². The highest BCUT2D eigenvalue weighted by Gasteiger charge is 2.21. The lowest BCUT2D eigenvalue weighted by molar-refractivity contribution is 0.0714. The molecule has 0 saturated carbocycles. The predicted molar refractivity (Wildman–Crippen MR) is 80.0 cm³/mol. The van der Waals surface area contributed by atoms with Gasteiger partial charge in [0.05, 0.1) is 6.61 Å². The molecule has 2 rings (SSSR count). The lowest BCUT2D eigenvalue weighted by Crippen LogP contribution is -2.42. The van der Waals surface area contributed by atoms with Crippen LogP contribution in [0.1, 0.15) is 43.0 Å². The average Bonchev–Trinajstić information content (AvgIpc) is 2.48. The van der Waals surface area contributed by atoms with Crippen LogP contribution >= 0.6 is 0 Å². The topological polar surface area (TPSA) is 55.6 Å². The summed E-state index contributed by atoms with van der Waals surface area (Å²) in [5.74, 6) is 0.857. The van der Waals surface area contributed by atoms with Crippen molar-refractivity contribution in [2.75, 3.05) is 19.7 Å². The standard InChI is InChI=1S/C16H24N2O2/c1-2-3-11-20-15-6-4-5-13(12-15)16(19)18-9-7-14(17)8-10-18/h4-6,12,14H,2-3,7-11,17H2,1H3. The molecule has 0 bridgehead atoms. The summed E-state index contributed by atoms with van der Waals surface area (Å²) in [6.07, 6.45) is 3.91. The maximum atomic E-state index is 12.4. The number of nitrogens with two attached hydrogens (primary N) is 1. The molecule has 0 unspecified atom stereocenters. The number of amides is 1. The fourth-order valence-electron chi connectivity index (χ4n) is 2.34. The summed E-state index contributed by atoms with van der Waals surface area (Å²) in [6, 6.07) is 7.71. The highest BCUT2D eigenvalue weighted by atomic mass is 16.5. The summed E-state index contributed by atoms with van der Waals surface area (Å²) in [6.45, 7) is 4.33. The summed E-state index contributed by atoms with van der Waals surface area (Å²) >= 11 is 0. The van der Waals surface area contributed by atoms with E-state index in [9.17, 15) is 4.79 Å². The van der Waals surface area contributed by atoms with Crippen LogP contribution in [0.5, 0.6) is 5.75 Å². The maximum absolute atomic E-state index is 12.4. The van der Waals surface area contributed by atoms with Crippen molar-refractivity contribution in [3.05, 3.63) is 29.8 Å². The number of benzene rings is 1. The fourth-order valence-corrected chi connectivity index (χ4v) is 2.34. The Bertz CT molecular complexity index is 440. The molecular formula is C16H24N2O2. The van der Waals surface area contributed by atoms with Crippen molar-refractivity contribution in [1.82, 2.24) is 4.90 Å². The number of hydrogen-bond donors (Lipinski definition) is 1. The SMILES string of the molecule is CCCCOc1cccc(C(=O)N2CCC(N)CC2)c1. The zero-order valence-corrected chi connectivity index (χ0v) is 12.2. The van der Waals surface area contributed by atoms with E-state index in [0.29, 0.717) is 12.2 Å². The number of carbonyl (C=O) groups excluding carboxylic acids is 1. The van der Waals surface area contributed by atoms with E-state index in [1.807, 2.05) is 29.2 Å². The molecule has 1 amide bonds. The van der Waals surface area contributed by atoms with Crippen LogP contribution < -0.4 is 10.5 Å². The second-order valence-corrected chi connectivity index (χ2v) is 5.36. The molecule has 4 heteroatoms. The zero-order chi connectivity index (χ0) is 14.4. The quantitative estimate of drug-likeness (QED) is 0.840. The zero-order valence-electron chi connectivity index (χ0n) is 12.2. The minimum absolute atomic E-state index is 0.0813. The normalized spacial score (nSPS) is 16.2. The maximum Gasteiger partial charge on any atom is 0.253 e. The van der Waals surface area contributed by atoms with Crippen LogP contribution in [0.3, 0.4) is 0 Å². The molecule has 1 aliphatic heterocycles. The second kappa shape index (κ2) is 7.29. The monoisotopic (exact) mass is 276 g/mol. The lowest BCUT2D eigenvalue weighted by Gasteiger charge is -2.30. The van der Waals surface area contributed by atoms with Crippen LogP contribution in [-0.2, 0) is 0 Å². The molecule has 0 radical (unpaired) electrons. The Kier molecular flexibility index (Phi) is 5.41. The third kappa shape index (κ3) is 3.97. The smallest absolute Gasteiger partial charge is 0.253 e. The number of likely N-dealkylation sites (tertiary alicyclic amines) is 1. The van der Waals surface area contributed by atoms with Gasteiger partial charge in [-0.15, -0.1) is 0 Å². The molecule has 1 fully saturated rings. The van der Waals surface area contributed by atoms with Gasteiger partial charge in [0, 0.05) is 24.7 Å². The first-order valence-corrected chi connectivity index (χ1v) is 7.48. The Labute approximate surface area is 120 Å². The molecule has 0 aliphatic carbocycles. The van der Waals surface area contributed by atoms with Gasteiger partial charge in [-0.2, -0.15) is 0 Å². The van der Waals surface area contributed by atoms with E-state index in [4.69, 9.17) is 10.5 Å². The van der Waals surface area contributed by atoms with Gasteiger partial charge in [0.25, 0.3) is 5.91 Å². The lowest BCUT2D eigenvalue weighted by atomic mass is 10.0. The van der Waals surface area contributed by atoms with Crippen molar-refractivity contribution in [3.8, 4) is 5.75 Å². The highest BCUT2D eigenvalue weighted by Crippen LogP contribution is 2.17. The predicted octanol–water partition coefficient (Wildman–Crippen LogP) is 2.43. The largest absolute Gasteiger partial charge is 0.494 e. The Morgan fingerprint density at radius 1 is 1.40 bits per heavy atom. The first kappa shape index (κ1) is 14.9. The third-order valence-electron chi connectivity index (χ3n) is 3.67. The van der Waals surface area contributed by atoms with E-state index in [0.717, 1.165) is 44.5 Å². The first-order chi connectivity index (χ1) is 9.70. The first-order valence-electron chi connectivity index (χ1n) is 7.48. The van der Waals surface area contributed by atoms with Crippen LogP contribution in [0.2, 0.25) is 0 Å². The van der Waals surface area contributed by atoms with Gasteiger partial charge in [-0.3, -0.25) is 4.79 Å². The van der Waals surface area contributed by atoms with Gasteiger partial charge in [0.1, 0.15) is 5.75 Å².